The average molecular weight is 666 g/mol. The first kappa shape index (κ1) is 34.7. The minimum Gasteiger partial charge on any atom is -0.473 e. The highest BCUT2D eigenvalue weighted by Crippen LogP contribution is 2.33. The van der Waals surface area contributed by atoms with Crippen molar-refractivity contribution < 1.29 is 33.3 Å². The lowest BCUT2D eigenvalue weighted by Gasteiger charge is -2.44. The van der Waals surface area contributed by atoms with E-state index in [0.717, 1.165) is 5.56 Å². The van der Waals surface area contributed by atoms with Crippen LogP contribution in [-0.4, -0.2) is 75.9 Å². The van der Waals surface area contributed by atoms with E-state index < -0.39 is 47.0 Å². The summed E-state index contributed by atoms with van der Waals surface area (Å²) in [5.41, 5.74) is 6.82. The maximum absolute atomic E-state index is 14.8. The Morgan fingerprint density at radius 3 is 2.31 bits per heavy atom. The first-order valence-electron chi connectivity index (χ1n) is 16.1. The van der Waals surface area contributed by atoms with Crippen molar-refractivity contribution in [1.82, 2.24) is 15.1 Å². The average Bonchev–Trinajstić information content (AvgIpc) is 3.45. The van der Waals surface area contributed by atoms with Gasteiger partial charge in [-0.2, -0.15) is 4.57 Å². The van der Waals surface area contributed by atoms with Crippen molar-refractivity contribution in [2.75, 3.05) is 13.2 Å². The van der Waals surface area contributed by atoms with Crippen molar-refractivity contribution in [3.05, 3.63) is 108 Å². The van der Waals surface area contributed by atoms with Gasteiger partial charge in [-0.25, -0.2) is 4.99 Å². The minimum atomic E-state index is -1.09. The molecule has 0 saturated carbocycles. The van der Waals surface area contributed by atoms with Crippen molar-refractivity contribution >= 4 is 41.0 Å². The number of aromatic nitrogens is 1. The molecule has 0 fully saturated rings. The number of carbonyl (C=O) groups is 5. The number of nitrogens with zero attached hydrogens (tertiary/aromatic N) is 4. The Morgan fingerprint density at radius 1 is 1.02 bits per heavy atom. The van der Waals surface area contributed by atoms with Crippen LogP contribution in [-0.2, 0) is 36.9 Å². The standard InChI is InChI=1S/C37H40N6O6/c1-24(2)32-36(48)43(28(18-25-12-7-5-8-13-25)33(46)39-19-30(44)34-40-37(3,4)23-49-34)29(26-14-9-6-10-15-26)21-42(32)35(47)27-16-11-17-41(20-27)22-31(38)45/h5-17,20-21,24,28,32H,18-19,22-23H2,1-4H3,(H2-,38,39,45,46)/p+1/t28-,32+/m0/s1. The smallest absolute Gasteiger partial charge is 0.283 e. The Kier molecular flexibility index (Phi) is 10.4. The molecule has 3 heterocycles. The molecule has 2 atom stereocenters. The van der Waals surface area contributed by atoms with Gasteiger partial charge in [-0.05, 0) is 37.0 Å². The summed E-state index contributed by atoms with van der Waals surface area (Å²) in [6.07, 6.45) is 4.87. The van der Waals surface area contributed by atoms with Gasteiger partial charge in [-0.15, -0.1) is 0 Å². The van der Waals surface area contributed by atoms with E-state index >= 15 is 0 Å². The first-order valence-corrected chi connectivity index (χ1v) is 16.1. The highest BCUT2D eigenvalue weighted by Gasteiger charge is 2.45. The van der Waals surface area contributed by atoms with Gasteiger partial charge in [0.05, 0.1) is 17.8 Å². The predicted octanol–water partition coefficient (Wildman–Crippen LogP) is 2.27. The molecular weight excluding hydrogens is 624 g/mol. The van der Waals surface area contributed by atoms with Crippen LogP contribution in [0.3, 0.4) is 0 Å². The Balaban J connectivity index is 1.57. The molecule has 0 saturated heterocycles. The number of hydrogen-bond donors (Lipinski definition) is 2. The topological polar surface area (TPSA) is 155 Å². The number of primary amides is 1. The molecule has 0 aliphatic carbocycles. The van der Waals surface area contributed by atoms with Crippen LogP contribution in [0, 0.1) is 5.92 Å². The van der Waals surface area contributed by atoms with Crippen LogP contribution >= 0.6 is 0 Å². The molecule has 5 rings (SSSR count). The van der Waals surface area contributed by atoms with E-state index in [1.165, 1.54) is 20.6 Å². The Hall–Kier alpha value is -5.65. The zero-order valence-electron chi connectivity index (χ0n) is 28.0. The van der Waals surface area contributed by atoms with Gasteiger partial charge in [0, 0.05) is 18.7 Å². The lowest BCUT2D eigenvalue weighted by molar-refractivity contribution is -0.684. The van der Waals surface area contributed by atoms with E-state index in [-0.39, 0.29) is 43.5 Å². The summed E-state index contributed by atoms with van der Waals surface area (Å²) in [5, 5.41) is 2.73. The van der Waals surface area contributed by atoms with Crippen LogP contribution in [0.4, 0.5) is 0 Å². The normalized spacial score (nSPS) is 17.6. The van der Waals surface area contributed by atoms with Crippen molar-refractivity contribution in [2.24, 2.45) is 16.6 Å². The summed E-state index contributed by atoms with van der Waals surface area (Å²) < 4.78 is 6.98. The largest absolute Gasteiger partial charge is 0.473 e. The molecule has 4 amide bonds. The maximum Gasteiger partial charge on any atom is 0.283 e. The Bertz CT molecular complexity index is 1800. The van der Waals surface area contributed by atoms with Crippen molar-refractivity contribution in [3.8, 4) is 0 Å². The molecule has 254 valence electrons. The number of benzene rings is 2. The molecule has 0 radical (unpaired) electrons. The monoisotopic (exact) mass is 665 g/mol. The van der Waals surface area contributed by atoms with Crippen LogP contribution in [0.15, 0.2) is 96.4 Å². The van der Waals surface area contributed by atoms with Crippen LogP contribution in [0.2, 0.25) is 0 Å². The summed E-state index contributed by atoms with van der Waals surface area (Å²) >= 11 is 0. The number of nitrogens with one attached hydrogen (secondary N) is 1. The SMILES string of the molecule is CC(C)[C@@H]1C(=O)N([C@@H](Cc2ccccc2)C(=O)NCC(=O)C2=NC(C)(C)CO2)C(c2ccccc2)=CN1C(=O)c1ccc[n+](CC(N)=O)c1. The third-order valence-corrected chi connectivity index (χ3v) is 8.20. The summed E-state index contributed by atoms with van der Waals surface area (Å²) in [4.78, 5) is 74.9. The van der Waals surface area contributed by atoms with Gasteiger partial charge in [0.15, 0.2) is 12.4 Å². The van der Waals surface area contributed by atoms with Crippen LogP contribution in [0.25, 0.3) is 5.70 Å². The number of nitrogens with two attached hydrogens (primary N) is 1. The van der Waals surface area contributed by atoms with Crippen LogP contribution < -0.4 is 15.6 Å². The van der Waals surface area contributed by atoms with Gasteiger partial charge >= 0.3 is 0 Å². The number of carbonyl (C=O) groups excluding carboxylic acids is 5. The highest BCUT2D eigenvalue weighted by molar-refractivity contribution is 6.37. The molecule has 2 aliphatic rings. The van der Waals surface area contributed by atoms with Gasteiger partial charge in [0.25, 0.3) is 23.6 Å². The molecule has 3 N–H and O–H groups in total. The van der Waals surface area contributed by atoms with E-state index in [4.69, 9.17) is 10.5 Å². The summed E-state index contributed by atoms with van der Waals surface area (Å²) in [6.45, 7) is 7.11. The second-order valence-electron chi connectivity index (χ2n) is 13.1. The molecule has 12 heteroatoms. The minimum absolute atomic E-state index is 0.0454. The van der Waals surface area contributed by atoms with E-state index in [1.807, 2.05) is 64.1 Å². The second kappa shape index (κ2) is 14.6. The van der Waals surface area contributed by atoms with E-state index in [0.29, 0.717) is 11.3 Å². The van der Waals surface area contributed by atoms with Crippen molar-refractivity contribution in [2.45, 2.75) is 58.3 Å². The fraction of sp³-hybridized carbons (Fsp3) is 0.324. The molecule has 12 nitrogen and oxygen atoms in total. The van der Waals surface area contributed by atoms with Crippen LogP contribution in [0.1, 0.15) is 49.2 Å². The number of ketones is 1. The first-order chi connectivity index (χ1) is 23.3. The molecule has 2 aromatic carbocycles. The summed E-state index contributed by atoms with van der Waals surface area (Å²) in [7, 11) is 0. The Morgan fingerprint density at radius 2 is 1.69 bits per heavy atom. The summed E-state index contributed by atoms with van der Waals surface area (Å²) in [5.74, 6) is -2.93. The second-order valence-corrected chi connectivity index (χ2v) is 13.1. The lowest BCUT2D eigenvalue weighted by Crippen LogP contribution is -2.60. The zero-order valence-corrected chi connectivity index (χ0v) is 28.0. The summed E-state index contributed by atoms with van der Waals surface area (Å²) in [6, 6.07) is 19.5. The molecule has 0 bridgehead atoms. The zero-order chi connectivity index (χ0) is 35.3. The van der Waals surface area contributed by atoms with Crippen molar-refractivity contribution in [1.29, 1.82) is 0 Å². The van der Waals surface area contributed by atoms with E-state index in [9.17, 15) is 24.0 Å². The third kappa shape index (κ3) is 8.08. The van der Waals surface area contributed by atoms with Crippen LogP contribution in [0.5, 0.6) is 0 Å². The fourth-order valence-electron chi connectivity index (χ4n) is 5.89. The fourth-order valence-corrected chi connectivity index (χ4v) is 5.89. The highest BCUT2D eigenvalue weighted by atomic mass is 16.5. The van der Waals surface area contributed by atoms with E-state index in [2.05, 4.69) is 10.3 Å². The van der Waals surface area contributed by atoms with Gasteiger partial charge in [0.2, 0.25) is 18.2 Å². The van der Waals surface area contributed by atoms with Gasteiger partial charge < -0.3 is 15.8 Å². The molecule has 0 unspecified atom stereocenters. The lowest BCUT2D eigenvalue weighted by atomic mass is 9.93. The number of pyridine rings is 1. The number of hydrogen-bond acceptors (Lipinski definition) is 7. The number of Topliss-reactive ketones (excluding diaryl/α,β-unsaturated/α-hetero) is 1. The molecule has 1 aromatic heterocycles. The third-order valence-electron chi connectivity index (χ3n) is 8.20. The Labute approximate surface area is 285 Å². The number of ether oxygens (including phenoxy) is 1. The van der Waals surface area contributed by atoms with Crippen molar-refractivity contribution in [3.63, 3.8) is 0 Å². The van der Waals surface area contributed by atoms with E-state index in [1.54, 1.807) is 48.8 Å². The number of rotatable bonds is 12. The number of aliphatic imine (C=N–C) groups is 1. The van der Waals surface area contributed by atoms with Gasteiger partial charge in [-0.1, -0.05) is 74.5 Å². The quantitative estimate of drug-likeness (QED) is 0.283. The molecule has 0 spiro atoms. The van der Waals surface area contributed by atoms with Gasteiger partial charge in [0.1, 0.15) is 24.3 Å². The predicted molar refractivity (Wildman–Crippen MR) is 181 cm³/mol. The number of amides is 4. The molecule has 3 aromatic rings. The van der Waals surface area contributed by atoms with Gasteiger partial charge in [-0.3, -0.25) is 33.8 Å². The molecular formula is C37H41N6O6+. The molecule has 49 heavy (non-hydrogen) atoms. The maximum atomic E-state index is 14.8. The molecule has 2 aliphatic heterocycles.